The summed E-state index contributed by atoms with van der Waals surface area (Å²) in [6, 6.07) is 6.20. The van der Waals surface area contributed by atoms with Crippen molar-refractivity contribution in [2.24, 2.45) is 0 Å². The lowest BCUT2D eigenvalue weighted by Crippen LogP contribution is -1.98. The first-order valence-electron chi connectivity index (χ1n) is 6.44. The molecular formula is C15H18N2O2. The van der Waals surface area contributed by atoms with E-state index in [1.54, 1.807) is 6.08 Å². The molecule has 0 aliphatic heterocycles. The summed E-state index contributed by atoms with van der Waals surface area (Å²) in [5.74, 6) is 0.181. The highest BCUT2D eigenvalue weighted by atomic mass is 16.4. The van der Waals surface area contributed by atoms with Gasteiger partial charge in [-0.05, 0) is 36.6 Å². The molecule has 19 heavy (non-hydrogen) atoms. The van der Waals surface area contributed by atoms with E-state index in [0.29, 0.717) is 11.7 Å². The third-order valence-corrected chi connectivity index (χ3v) is 3.16. The zero-order valence-corrected chi connectivity index (χ0v) is 11.4. The first-order chi connectivity index (χ1) is 9.02. The highest BCUT2D eigenvalue weighted by Crippen LogP contribution is 2.23. The lowest BCUT2D eigenvalue weighted by atomic mass is 10.0. The van der Waals surface area contributed by atoms with Gasteiger partial charge in [-0.2, -0.15) is 0 Å². The molecule has 0 aliphatic carbocycles. The molecule has 0 unspecified atom stereocenters. The standard InChI is InChI=1S/C15H18N2O2/c1-4-17-13-9-11(10(2)3)5-6-12(13)16-14(17)7-8-15(18)19/h5-10H,4H2,1-3H3,(H,18,19)/b8-7+. The van der Waals surface area contributed by atoms with Crippen LogP contribution in [-0.2, 0) is 11.3 Å². The lowest BCUT2D eigenvalue weighted by Gasteiger charge is -2.07. The molecule has 4 nitrogen and oxygen atoms in total. The Morgan fingerprint density at radius 1 is 1.47 bits per heavy atom. The second-order valence-electron chi connectivity index (χ2n) is 4.79. The summed E-state index contributed by atoms with van der Waals surface area (Å²) >= 11 is 0. The molecule has 0 atom stereocenters. The average molecular weight is 258 g/mol. The van der Waals surface area contributed by atoms with Crippen LogP contribution in [0.15, 0.2) is 24.3 Å². The fourth-order valence-electron chi connectivity index (χ4n) is 2.12. The molecule has 100 valence electrons. The van der Waals surface area contributed by atoms with Crippen LogP contribution in [0.4, 0.5) is 0 Å². The highest BCUT2D eigenvalue weighted by Gasteiger charge is 2.09. The van der Waals surface area contributed by atoms with Crippen molar-refractivity contribution in [3.05, 3.63) is 35.7 Å². The summed E-state index contributed by atoms with van der Waals surface area (Å²) in [4.78, 5) is 15.1. The maximum Gasteiger partial charge on any atom is 0.328 e. The summed E-state index contributed by atoms with van der Waals surface area (Å²) < 4.78 is 2.03. The number of aryl methyl sites for hydroxylation is 1. The molecule has 0 fully saturated rings. The van der Waals surface area contributed by atoms with Gasteiger partial charge in [0.25, 0.3) is 0 Å². The minimum Gasteiger partial charge on any atom is -0.478 e. The fraction of sp³-hybridized carbons (Fsp3) is 0.333. The number of hydrogen-bond acceptors (Lipinski definition) is 2. The van der Waals surface area contributed by atoms with Crippen molar-refractivity contribution in [1.29, 1.82) is 0 Å². The van der Waals surface area contributed by atoms with Crippen molar-refractivity contribution in [2.75, 3.05) is 0 Å². The van der Waals surface area contributed by atoms with Crippen LogP contribution < -0.4 is 0 Å². The molecule has 2 rings (SSSR count). The Bertz CT molecular complexity index is 639. The van der Waals surface area contributed by atoms with Gasteiger partial charge in [-0.1, -0.05) is 19.9 Å². The molecule has 0 saturated carbocycles. The number of aliphatic carboxylic acids is 1. The predicted octanol–water partition coefficient (Wildman–Crippen LogP) is 3.28. The number of benzene rings is 1. The molecule has 2 aromatic rings. The molecule has 0 radical (unpaired) electrons. The molecule has 1 N–H and O–H groups in total. The Kier molecular flexibility index (Phi) is 3.69. The number of imidazole rings is 1. The number of carboxylic acid groups (broad SMARTS) is 1. The van der Waals surface area contributed by atoms with Crippen LogP contribution in [0.1, 0.15) is 38.1 Å². The van der Waals surface area contributed by atoms with Crippen LogP contribution in [0.25, 0.3) is 17.1 Å². The first-order valence-corrected chi connectivity index (χ1v) is 6.44. The molecule has 1 aromatic carbocycles. The maximum atomic E-state index is 10.6. The lowest BCUT2D eigenvalue weighted by molar-refractivity contribution is -0.131. The molecule has 0 bridgehead atoms. The summed E-state index contributed by atoms with van der Waals surface area (Å²) in [7, 11) is 0. The first kappa shape index (κ1) is 13.3. The molecular weight excluding hydrogens is 240 g/mol. The molecule has 1 heterocycles. The van der Waals surface area contributed by atoms with E-state index in [0.717, 1.165) is 23.7 Å². The fourth-order valence-corrected chi connectivity index (χ4v) is 2.12. The quantitative estimate of drug-likeness (QED) is 0.856. The van der Waals surface area contributed by atoms with Gasteiger partial charge in [-0.25, -0.2) is 9.78 Å². The molecule has 4 heteroatoms. The Hall–Kier alpha value is -2.10. The third-order valence-electron chi connectivity index (χ3n) is 3.16. The summed E-state index contributed by atoms with van der Waals surface area (Å²) in [5.41, 5.74) is 3.21. The van der Waals surface area contributed by atoms with Crippen molar-refractivity contribution < 1.29 is 9.90 Å². The number of aromatic nitrogens is 2. The van der Waals surface area contributed by atoms with Crippen LogP contribution in [0.2, 0.25) is 0 Å². The minimum atomic E-state index is -0.961. The maximum absolute atomic E-state index is 10.6. The van der Waals surface area contributed by atoms with E-state index in [2.05, 4.69) is 31.0 Å². The Labute approximate surface area is 112 Å². The van der Waals surface area contributed by atoms with Crippen LogP contribution >= 0.6 is 0 Å². The highest BCUT2D eigenvalue weighted by molar-refractivity contribution is 5.86. The van der Waals surface area contributed by atoms with Crippen molar-refractivity contribution in [2.45, 2.75) is 33.2 Å². The van der Waals surface area contributed by atoms with Crippen LogP contribution in [-0.4, -0.2) is 20.6 Å². The van der Waals surface area contributed by atoms with E-state index in [4.69, 9.17) is 5.11 Å². The van der Waals surface area contributed by atoms with E-state index < -0.39 is 5.97 Å². The summed E-state index contributed by atoms with van der Waals surface area (Å²) in [6.45, 7) is 7.09. The second kappa shape index (κ2) is 5.26. The molecule has 0 spiro atoms. The van der Waals surface area contributed by atoms with E-state index in [1.165, 1.54) is 5.56 Å². The van der Waals surface area contributed by atoms with Crippen LogP contribution in [0, 0.1) is 0 Å². The van der Waals surface area contributed by atoms with Crippen molar-refractivity contribution in [3.63, 3.8) is 0 Å². The minimum absolute atomic E-state index is 0.461. The van der Waals surface area contributed by atoms with Gasteiger partial charge in [0.15, 0.2) is 0 Å². The summed E-state index contributed by atoms with van der Waals surface area (Å²) in [6.07, 6.45) is 2.66. The third kappa shape index (κ3) is 2.67. The zero-order chi connectivity index (χ0) is 14.0. The number of fused-ring (bicyclic) bond motifs is 1. The number of carbonyl (C=O) groups is 1. The van der Waals surface area contributed by atoms with Crippen LogP contribution in [0.5, 0.6) is 0 Å². The van der Waals surface area contributed by atoms with E-state index >= 15 is 0 Å². The molecule has 0 amide bonds. The predicted molar refractivity (Wildman–Crippen MR) is 76.2 cm³/mol. The number of carboxylic acids is 1. The van der Waals surface area contributed by atoms with Crippen molar-refractivity contribution in [1.82, 2.24) is 9.55 Å². The SMILES string of the molecule is CCn1c(/C=C/C(=O)O)nc2ccc(C(C)C)cc21. The molecule has 0 aliphatic rings. The van der Waals surface area contributed by atoms with E-state index in [1.807, 2.05) is 17.6 Å². The summed E-state index contributed by atoms with van der Waals surface area (Å²) in [5, 5.41) is 8.71. The largest absolute Gasteiger partial charge is 0.478 e. The van der Waals surface area contributed by atoms with Gasteiger partial charge in [0, 0.05) is 12.6 Å². The van der Waals surface area contributed by atoms with Crippen molar-refractivity contribution >= 4 is 23.1 Å². The normalized spacial score (nSPS) is 11.8. The zero-order valence-electron chi connectivity index (χ0n) is 11.4. The van der Waals surface area contributed by atoms with Gasteiger partial charge in [0.2, 0.25) is 0 Å². The average Bonchev–Trinajstić information content (AvgIpc) is 2.72. The van der Waals surface area contributed by atoms with Gasteiger partial charge < -0.3 is 9.67 Å². The second-order valence-corrected chi connectivity index (χ2v) is 4.79. The van der Waals surface area contributed by atoms with E-state index in [9.17, 15) is 4.79 Å². The monoisotopic (exact) mass is 258 g/mol. The molecule has 1 aromatic heterocycles. The molecule has 0 saturated heterocycles. The van der Waals surface area contributed by atoms with E-state index in [-0.39, 0.29) is 0 Å². The Morgan fingerprint density at radius 2 is 2.21 bits per heavy atom. The smallest absolute Gasteiger partial charge is 0.328 e. The van der Waals surface area contributed by atoms with Crippen LogP contribution in [0.3, 0.4) is 0 Å². The number of rotatable bonds is 4. The Morgan fingerprint density at radius 3 is 2.79 bits per heavy atom. The van der Waals surface area contributed by atoms with Gasteiger partial charge in [0.05, 0.1) is 11.0 Å². The van der Waals surface area contributed by atoms with Crippen molar-refractivity contribution in [3.8, 4) is 0 Å². The van der Waals surface area contributed by atoms with Gasteiger partial charge >= 0.3 is 5.97 Å². The number of nitrogens with zero attached hydrogens (tertiary/aromatic N) is 2. The van der Waals surface area contributed by atoms with Gasteiger partial charge in [0.1, 0.15) is 5.82 Å². The number of hydrogen-bond donors (Lipinski definition) is 1. The van der Waals surface area contributed by atoms with Gasteiger partial charge in [-0.3, -0.25) is 0 Å². The Balaban J connectivity index is 2.58. The van der Waals surface area contributed by atoms with Gasteiger partial charge in [-0.15, -0.1) is 0 Å². The topological polar surface area (TPSA) is 55.1 Å².